The van der Waals surface area contributed by atoms with Crippen molar-refractivity contribution in [3.8, 4) is 0 Å². The molecular formula is C18H20FN3O4. The van der Waals surface area contributed by atoms with Gasteiger partial charge in [-0.15, -0.1) is 0 Å². The number of hydrogen-bond donors (Lipinski definition) is 2. The summed E-state index contributed by atoms with van der Waals surface area (Å²) in [6.07, 6.45) is 3.10. The first-order valence-corrected chi connectivity index (χ1v) is 8.51. The number of nitrogens with one attached hydrogen (secondary N) is 2. The Morgan fingerprint density at radius 2 is 2.04 bits per heavy atom. The van der Waals surface area contributed by atoms with Crippen LogP contribution in [0.1, 0.15) is 41.8 Å². The first kappa shape index (κ1) is 17.9. The molecule has 1 aromatic carbocycles. The molecule has 3 amide bonds. The number of nitrogens with zero attached hydrogens (tertiary/aromatic N) is 1. The van der Waals surface area contributed by atoms with Crippen molar-refractivity contribution in [2.45, 2.75) is 32.6 Å². The molecule has 1 aromatic heterocycles. The van der Waals surface area contributed by atoms with E-state index >= 15 is 0 Å². The van der Waals surface area contributed by atoms with E-state index in [-0.39, 0.29) is 18.2 Å². The number of halogens is 1. The number of hydrogen-bond acceptors (Lipinski definition) is 4. The Kier molecular flexibility index (Phi) is 5.20. The summed E-state index contributed by atoms with van der Waals surface area (Å²) in [4.78, 5) is 37.6. The molecule has 0 aliphatic carbocycles. The van der Waals surface area contributed by atoms with E-state index in [1.807, 2.05) is 0 Å². The molecule has 8 heteroatoms. The van der Waals surface area contributed by atoms with Crippen LogP contribution in [0.25, 0.3) is 11.0 Å². The quantitative estimate of drug-likeness (QED) is 0.819. The third-order valence-corrected chi connectivity index (χ3v) is 4.43. The van der Waals surface area contributed by atoms with E-state index in [9.17, 15) is 18.8 Å². The predicted octanol–water partition coefficient (Wildman–Crippen LogP) is 2.04. The molecule has 0 radical (unpaired) electrons. The largest absolute Gasteiger partial charge is 0.451 e. The molecule has 138 valence electrons. The number of carbonyl (C=O) groups excluding carboxylic acids is 3. The Morgan fingerprint density at radius 1 is 1.23 bits per heavy atom. The van der Waals surface area contributed by atoms with Crippen LogP contribution in [-0.4, -0.2) is 35.7 Å². The number of benzene rings is 1. The zero-order chi connectivity index (χ0) is 18.7. The fourth-order valence-electron chi connectivity index (χ4n) is 3.01. The van der Waals surface area contributed by atoms with E-state index in [2.05, 4.69) is 10.9 Å². The maximum Gasteiger partial charge on any atom is 0.305 e. The van der Waals surface area contributed by atoms with Crippen molar-refractivity contribution in [1.82, 2.24) is 15.8 Å². The van der Waals surface area contributed by atoms with Crippen molar-refractivity contribution in [2.75, 3.05) is 13.1 Å². The van der Waals surface area contributed by atoms with Crippen LogP contribution in [0.5, 0.6) is 0 Å². The lowest BCUT2D eigenvalue weighted by Gasteiger charge is -2.19. The highest BCUT2D eigenvalue weighted by molar-refractivity contribution is 5.99. The zero-order valence-corrected chi connectivity index (χ0v) is 14.4. The molecule has 1 fully saturated rings. The molecule has 7 nitrogen and oxygen atoms in total. The van der Waals surface area contributed by atoms with Crippen LogP contribution in [-0.2, 0) is 9.59 Å². The minimum Gasteiger partial charge on any atom is -0.451 e. The summed E-state index contributed by atoms with van der Waals surface area (Å²) in [6, 6.07) is 3.97. The second-order valence-corrected chi connectivity index (χ2v) is 6.32. The highest BCUT2D eigenvalue weighted by Gasteiger charge is 2.21. The van der Waals surface area contributed by atoms with Gasteiger partial charge in [-0.3, -0.25) is 25.2 Å². The number of amides is 3. The second-order valence-electron chi connectivity index (χ2n) is 6.32. The number of aryl methyl sites for hydroxylation is 1. The number of furan rings is 1. The van der Waals surface area contributed by atoms with E-state index in [1.165, 1.54) is 23.1 Å². The van der Waals surface area contributed by atoms with Crippen LogP contribution in [0.2, 0.25) is 0 Å². The topological polar surface area (TPSA) is 91.7 Å². The molecule has 0 saturated carbocycles. The molecule has 3 rings (SSSR count). The van der Waals surface area contributed by atoms with Crippen LogP contribution in [0, 0.1) is 12.7 Å². The average molecular weight is 361 g/mol. The lowest BCUT2D eigenvalue weighted by molar-refractivity contribution is -0.135. The van der Waals surface area contributed by atoms with Crippen molar-refractivity contribution in [3.05, 3.63) is 35.3 Å². The van der Waals surface area contributed by atoms with Crippen molar-refractivity contribution < 1.29 is 23.2 Å². The van der Waals surface area contributed by atoms with Crippen molar-refractivity contribution in [2.24, 2.45) is 0 Å². The highest BCUT2D eigenvalue weighted by Crippen LogP contribution is 2.25. The van der Waals surface area contributed by atoms with Gasteiger partial charge in [0.25, 0.3) is 5.91 Å². The molecule has 2 heterocycles. The molecule has 2 N–H and O–H groups in total. The van der Waals surface area contributed by atoms with Crippen LogP contribution < -0.4 is 10.9 Å². The standard InChI is InChI=1S/C18H20FN3O4/c1-11-13-9-12(19)6-7-14(13)26-17(11)18(25)21-20-15(23)10-22-8-4-2-3-5-16(22)24/h6-7,9H,2-5,8,10H2,1H3,(H,20,23)(H,21,25). The Labute approximate surface area is 149 Å². The van der Waals surface area contributed by atoms with Gasteiger partial charge in [-0.2, -0.15) is 0 Å². The van der Waals surface area contributed by atoms with Crippen molar-refractivity contribution in [3.63, 3.8) is 0 Å². The Bertz CT molecular complexity index is 861. The van der Waals surface area contributed by atoms with Gasteiger partial charge in [-0.05, 0) is 38.0 Å². The second kappa shape index (κ2) is 7.55. The van der Waals surface area contributed by atoms with Crippen LogP contribution in [0.15, 0.2) is 22.6 Å². The van der Waals surface area contributed by atoms with E-state index in [0.717, 1.165) is 19.3 Å². The lowest BCUT2D eigenvalue weighted by Crippen LogP contribution is -2.47. The third kappa shape index (κ3) is 3.84. The smallest absolute Gasteiger partial charge is 0.305 e. The minimum absolute atomic E-state index is 0.00301. The van der Waals surface area contributed by atoms with Crippen molar-refractivity contribution >= 4 is 28.7 Å². The van der Waals surface area contributed by atoms with E-state index in [1.54, 1.807) is 6.92 Å². The summed E-state index contributed by atoms with van der Waals surface area (Å²) in [6.45, 7) is 2.07. The first-order valence-electron chi connectivity index (χ1n) is 8.51. The molecule has 0 spiro atoms. The first-order chi connectivity index (χ1) is 12.5. The number of fused-ring (bicyclic) bond motifs is 1. The third-order valence-electron chi connectivity index (χ3n) is 4.43. The van der Waals surface area contributed by atoms with Crippen molar-refractivity contribution in [1.29, 1.82) is 0 Å². The van der Waals surface area contributed by atoms with E-state index in [0.29, 0.717) is 29.5 Å². The molecular weight excluding hydrogens is 341 g/mol. The molecule has 1 aliphatic rings. The summed E-state index contributed by atoms with van der Waals surface area (Å²) in [5, 5.41) is 0.497. The summed E-state index contributed by atoms with van der Waals surface area (Å²) >= 11 is 0. The predicted molar refractivity (Wildman–Crippen MR) is 91.6 cm³/mol. The fraction of sp³-hybridized carbons (Fsp3) is 0.389. The van der Waals surface area contributed by atoms with Gasteiger partial charge in [0.1, 0.15) is 17.9 Å². The Balaban J connectivity index is 1.61. The highest BCUT2D eigenvalue weighted by atomic mass is 19.1. The van der Waals surface area contributed by atoms with Gasteiger partial charge in [0, 0.05) is 23.9 Å². The van der Waals surface area contributed by atoms with Crippen LogP contribution in [0.3, 0.4) is 0 Å². The summed E-state index contributed by atoms with van der Waals surface area (Å²) in [7, 11) is 0. The van der Waals surface area contributed by atoms with Gasteiger partial charge >= 0.3 is 5.91 Å². The van der Waals surface area contributed by atoms with Gasteiger partial charge in [0.15, 0.2) is 5.76 Å². The maximum atomic E-state index is 13.3. The number of rotatable bonds is 3. The van der Waals surface area contributed by atoms with Crippen LogP contribution >= 0.6 is 0 Å². The van der Waals surface area contributed by atoms with Gasteiger partial charge in [-0.25, -0.2) is 4.39 Å². The number of hydrazine groups is 1. The molecule has 0 atom stereocenters. The van der Waals surface area contributed by atoms with Gasteiger partial charge in [0.2, 0.25) is 5.91 Å². The van der Waals surface area contributed by atoms with E-state index in [4.69, 9.17) is 4.42 Å². The van der Waals surface area contributed by atoms with Gasteiger partial charge < -0.3 is 9.32 Å². The lowest BCUT2D eigenvalue weighted by atomic mass is 10.1. The van der Waals surface area contributed by atoms with E-state index < -0.39 is 17.6 Å². The monoisotopic (exact) mass is 361 g/mol. The summed E-state index contributed by atoms with van der Waals surface area (Å²) in [5.74, 6) is -1.62. The van der Waals surface area contributed by atoms with Gasteiger partial charge in [0.05, 0.1) is 0 Å². The van der Waals surface area contributed by atoms with Crippen LogP contribution in [0.4, 0.5) is 4.39 Å². The summed E-state index contributed by atoms with van der Waals surface area (Å²) < 4.78 is 18.8. The molecule has 1 saturated heterocycles. The fourth-order valence-corrected chi connectivity index (χ4v) is 3.01. The maximum absolute atomic E-state index is 13.3. The molecule has 2 aromatic rings. The Hall–Kier alpha value is -2.90. The SMILES string of the molecule is Cc1c(C(=O)NNC(=O)CN2CCCCCC2=O)oc2ccc(F)cc12. The average Bonchev–Trinajstić information content (AvgIpc) is 2.80. The van der Waals surface area contributed by atoms with Gasteiger partial charge in [-0.1, -0.05) is 6.42 Å². The minimum atomic E-state index is -0.644. The molecule has 0 unspecified atom stereocenters. The Morgan fingerprint density at radius 3 is 2.85 bits per heavy atom. The molecule has 0 bridgehead atoms. The zero-order valence-electron chi connectivity index (χ0n) is 14.4. The number of likely N-dealkylation sites (tertiary alicyclic amines) is 1. The summed E-state index contributed by atoms with van der Waals surface area (Å²) in [5.41, 5.74) is 5.42. The number of carbonyl (C=O) groups is 3. The molecule has 1 aliphatic heterocycles. The normalized spacial score (nSPS) is 15.0. The molecule has 26 heavy (non-hydrogen) atoms.